The van der Waals surface area contributed by atoms with E-state index in [1.165, 1.54) is 7.11 Å². The van der Waals surface area contributed by atoms with E-state index >= 15 is 0 Å². The van der Waals surface area contributed by atoms with Crippen molar-refractivity contribution in [2.24, 2.45) is 0 Å². The average Bonchev–Trinajstić information content (AvgIpc) is 2.31. The first kappa shape index (κ1) is 16.7. The second kappa shape index (κ2) is 7.91. The summed E-state index contributed by atoms with van der Waals surface area (Å²) < 4.78 is 45.8. The molecule has 0 spiro atoms. The van der Waals surface area contributed by atoms with Gasteiger partial charge in [0.25, 0.3) is 0 Å². The van der Waals surface area contributed by atoms with E-state index in [-0.39, 0.29) is 32.5 Å². The molecule has 0 unspecified atom stereocenters. The molecule has 0 aliphatic carbocycles. The molecule has 106 valence electrons. The summed E-state index contributed by atoms with van der Waals surface area (Å²) in [5.41, 5.74) is 0. The third-order valence-electron chi connectivity index (χ3n) is 2.12. The van der Waals surface area contributed by atoms with Crippen LogP contribution >= 0.6 is 0 Å². The molecule has 0 radical (unpaired) electrons. The Morgan fingerprint density at radius 3 is 2.22 bits per heavy atom. The summed E-state index contributed by atoms with van der Waals surface area (Å²) in [7, 11) is 2.54. The van der Waals surface area contributed by atoms with Gasteiger partial charge in [-0.3, -0.25) is 9.59 Å². The molecule has 0 aliphatic heterocycles. The number of ether oxygens (including phenoxy) is 2. The van der Waals surface area contributed by atoms with Crippen LogP contribution in [0.5, 0.6) is 0 Å². The van der Waals surface area contributed by atoms with E-state index in [2.05, 4.69) is 4.74 Å². The molecule has 0 aromatic rings. The normalized spacial score (nSPS) is 11.2. The van der Waals surface area contributed by atoms with Crippen molar-refractivity contribution in [2.75, 3.05) is 33.9 Å². The van der Waals surface area contributed by atoms with Crippen molar-refractivity contribution >= 4 is 11.9 Å². The number of amides is 1. The van der Waals surface area contributed by atoms with Crippen molar-refractivity contribution < 1.29 is 32.2 Å². The molecule has 5 nitrogen and oxygen atoms in total. The van der Waals surface area contributed by atoms with Gasteiger partial charge in [-0.05, 0) is 6.42 Å². The number of halogens is 3. The van der Waals surface area contributed by atoms with Gasteiger partial charge in [-0.2, -0.15) is 13.2 Å². The molecule has 18 heavy (non-hydrogen) atoms. The second-order valence-electron chi connectivity index (χ2n) is 3.46. The number of esters is 1. The third kappa shape index (κ3) is 6.43. The molecule has 0 saturated carbocycles. The number of nitrogens with zero attached hydrogens (tertiary/aromatic N) is 1. The Labute approximate surface area is 103 Å². The summed E-state index contributed by atoms with van der Waals surface area (Å²) in [5.74, 6) is -2.62. The van der Waals surface area contributed by atoms with Gasteiger partial charge < -0.3 is 14.4 Å². The Balaban J connectivity index is 4.42. The Morgan fingerprint density at radius 2 is 1.78 bits per heavy atom. The van der Waals surface area contributed by atoms with Gasteiger partial charge in [0, 0.05) is 26.8 Å². The highest BCUT2D eigenvalue weighted by Crippen LogP contribution is 2.18. The Bertz CT molecular complexity index is 281. The van der Waals surface area contributed by atoms with Crippen molar-refractivity contribution in [1.29, 1.82) is 0 Å². The number of hydrogen-bond acceptors (Lipinski definition) is 4. The zero-order valence-electron chi connectivity index (χ0n) is 10.2. The summed E-state index contributed by atoms with van der Waals surface area (Å²) in [6.45, 7) is -0.211. The largest absolute Gasteiger partial charge is 0.471 e. The van der Waals surface area contributed by atoms with Gasteiger partial charge in [0.2, 0.25) is 0 Å². The van der Waals surface area contributed by atoms with Crippen LogP contribution < -0.4 is 0 Å². The van der Waals surface area contributed by atoms with E-state index in [0.29, 0.717) is 4.90 Å². The van der Waals surface area contributed by atoms with Crippen molar-refractivity contribution in [3.8, 4) is 0 Å². The minimum Gasteiger partial charge on any atom is -0.469 e. The minimum absolute atomic E-state index is 0.122. The van der Waals surface area contributed by atoms with Crippen LogP contribution in [0.15, 0.2) is 0 Å². The lowest BCUT2D eigenvalue weighted by Crippen LogP contribution is -2.43. The van der Waals surface area contributed by atoms with E-state index in [1.807, 2.05) is 0 Å². The van der Waals surface area contributed by atoms with Gasteiger partial charge in [0.1, 0.15) is 0 Å². The Hall–Kier alpha value is -1.31. The number of rotatable bonds is 7. The molecule has 8 heteroatoms. The quantitative estimate of drug-likeness (QED) is 0.511. The Kier molecular flexibility index (Phi) is 7.33. The standard InChI is InChI=1S/C10H16F3NO4/c1-17-7-3-5-14(6-4-8(15)18-2)9(16)10(11,12)13/h3-7H2,1-2H3. The van der Waals surface area contributed by atoms with E-state index < -0.39 is 18.1 Å². The van der Waals surface area contributed by atoms with Crippen LogP contribution in [0.4, 0.5) is 13.2 Å². The highest BCUT2D eigenvalue weighted by Gasteiger charge is 2.42. The fraction of sp³-hybridized carbons (Fsp3) is 0.800. The molecule has 0 fully saturated rings. The molecule has 0 aromatic heterocycles. The molecule has 0 bridgehead atoms. The zero-order valence-corrected chi connectivity index (χ0v) is 10.2. The van der Waals surface area contributed by atoms with Crippen LogP contribution in [0, 0.1) is 0 Å². The van der Waals surface area contributed by atoms with Crippen molar-refractivity contribution in [2.45, 2.75) is 19.0 Å². The van der Waals surface area contributed by atoms with Crippen LogP contribution in [0.3, 0.4) is 0 Å². The molecule has 0 rings (SSSR count). The zero-order chi connectivity index (χ0) is 14.2. The first-order valence-corrected chi connectivity index (χ1v) is 5.24. The molecule has 0 saturated heterocycles. The maximum Gasteiger partial charge on any atom is 0.471 e. The minimum atomic E-state index is -4.94. The lowest BCUT2D eigenvalue weighted by molar-refractivity contribution is -0.185. The number of carbonyl (C=O) groups excluding carboxylic acids is 2. The number of carbonyl (C=O) groups is 2. The SMILES string of the molecule is COCCCN(CCC(=O)OC)C(=O)C(F)(F)F. The van der Waals surface area contributed by atoms with Gasteiger partial charge in [-0.25, -0.2) is 0 Å². The highest BCUT2D eigenvalue weighted by atomic mass is 19.4. The monoisotopic (exact) mass is 271 g/mol. The van der Waals surface area contributed by atoms with E-state index in [4.69, 9.17) is 4.74 Å². The second-order valence-corrected chi connectivity index (χ2v) is 3.46. The predicted octanol–water partition coefficient (Wildman–Crippen LogP) is 0.977. The molecule has 0 atom stereocenters. The van der Waals surface area contributed by atoms with Gasteiger partial charge in [0.05, 0.1) is 13.5 Å². The fourth-order valence-corrected chi connectivity index (χ4v) is 1.22. The van der Waals surface area contributed by atoms with E-state index in [0.717, 1.165) is 7.11 Å². The van der Waals surface area contributed by atoms with Crippen molar-refractivity contribution in [1.82, 2.24) is 4.90 Å². The molecule has 1 amide bonds. The average molecular weight is 271 g/mol. The lowest BCUT2D eigenvalue weighted by Gasteiger charge is -2.23. The number of alkyl halides is 3. The lowest BCUT2D eigenvalue weighted by atomic mass is 10.3. The molecular formula is C10H16F3NO4. The summed E-state index contributed by atoms with van der Waals surface area (Å²) >= 11 is 0. The smallest absolute Gasteiger partial charge is 0.469 e. The molecular weight excluding hydrogens is 255 g/mol. The van der Waals surface area contributed by atoms with Gasteiger partial charge >= 0.3 is 18.1 Å². The van der Waals surface area contributed by atoms with Crippen LogP contribution in [0.1, 0.15) is 12.8 Å². The van der Waals surface area contributed by atoms with Crippen molar-refractivity contribution in [3.63, 3.8) is 0 Å². The first-order valence-electron chi connectivity index (χ1n) is 5.24. The van der Waals surface area contributed by atoms with Crippen LogP contribution in [-0.2, 0) is 19.1 Å². The molecule has 0 aliphatic rings. The van der Waals surface area contributed by atoms with Gasteiger partial charge in [-0.15, -0.1) is 0 Å². The summed E-state index contributed by atoms with van der Waals surface area (Å²) in [4.78, 5) is 22.5. The topological polar surface area (TPSA) is 55.8 Å². The summed E-state index contributed by atoms with van der Waals surface area (Å²) in [6.07, 6.45) is -4.95. The van der Waals surface area contributed by atoms with E-state index in [1.54, 1.807) is 0 Å². The molecule has 0 aromatic carbocycles. The first-order chi connectivity index (χ1) is 8.32. The fourth-order valence-electron chi connectivity index (χ4n) is 1.22. The number of methoxy groups -OCH3 is 2. The maximum absolute atomic E-state index is 12.3. The van der Waals surface area contributed by atoms with E-state index in [9.17, 15) is 22.8 Å². The predicted molar refractivity (Wildman–Crippen MR) is 55.8 cm³/mol. The van der Waals surface area contributed by atoms with Crippen molar-refractivity contribution in [3.05, 3.63) is 0 Å². The van der Waals surface area contributed by atoms with Crippen LogP contribution in [0.2, 0.25) is 0 Å². The molecule has 0 N–H and O–H groups in total. The van der Waals surface area contributed by atoms with Gasteiger partial charge in [0.15, 0.2) is 0 Å². The summed E-state index contributed by atoms with van der Waals surface area (Å²) in [6, 6.07) is 0. The highest BCUT2D eigenvalue weighted by molar-refractivity contribution is 5.82. The number of hydrogen-bond donors (Lipinski definition) is 0. The third-order valence-corrected chi connectivity index (χ3v) is 2.12. The Morgan fingerprint density at radius 1 is 1.17 bits per heavy atom. The summed E-state index contributed by atoms with van der Waals surface area (Å²) in [5, 5.41) is 0. The van der Waals surface area contributed by atoms with Gasteiger partial charge in [-0.1, -0.05) is 0 Å². The molecule has 0 heterocycles. The maximum atomic E-state index is 12.3. The van der Waals surface area contributed by atoms with Crippen LogP contribution in [-0.4, -0.2) is 56.9 Å². The van der Waals surface area contributed by atoms with Crippen LogP contribution in [0.25, 0.3) is 0 Å².